The van der Waals surface area contributed by atoms with Crippen LogP contribution < -0.4 is 4.43 Å². The zero-order valence-corrected chi connectivity index (χ0v) is 12.0. The summed E-state index contributed by atoms with van der Waals surface area (Å²) in [4.78, 5) is 0. The first-order valence-corrected chi connectivity index (χ1v) is 8.12. The molecule has 0 unspecified atom stereocenters. The average molecular weight is 231 g/mol. The molecule has 0 aliphatic carbocycles. The van der Waals surface area contributed by atoms with Gasteiger partial charge in [0.2, 0.25) is 0 Å². The van der Waals surface area contributed by atoms with E-state index in [1.54, 1.807) is 4.43 Å². The van der Waals surface area contributed by atoms with E-state index in [1.807, 2.05) is 0 Å². The molecule has 0 heterocycles. The standard InChI is InChI=1S/C8H17.C7H7.Al/c1-3-5-7-8-6-4-2;1-7-5-3-2-4-6-7;/h1,3-8H2,2H3;3-6H,1H3;/q;;+1. The van der Waals surface area contributed by atoms with Crippen LogP contribution in [-0.2, 0) is 0 Å². The van der Waals surface area contributed by atoms with Crippen molar-refractivity contribution in [1.82, 2.24) is 0 Å². The van der Waals surface area contributed by atoms with Gasteiger partial charge in [0.25, 0.3) is 0 Å². The third-order valence-electron chi connectivity index (χ3n) is 3.02. The molecule has 0 spiro atoms. The first kappa shape index (κ1) is 13.8. The number of hydrogen-bond acceptors (Lipinski definition) is 0. The Morgan fingerprint density at radius 1 is 0.875 bits per heavy atom. The van der Waals surface area contributed by atoms with Gasteiger partial charge in [0.1, 0.15) is 0 Å². The van der Waals surface area contributed by atoms with Crippen LogP contribution in [0.5, 0.6) is 0 Å². The topological polar surface area (TPSA) is 0 Å². The quantitative estimate of drug-likeness (QED) is 0.466. The van der Waals surface area contributed by atoms with Crippen molar-refractivity contribution in [2.24, 2.45) is 0 Å². The SMILES string of the molecule is CCCCCCC[CH2][Al+][c]1ccc(C)cc1. The molecule has 0 N–H and O–H groups in total. The van der Waals surface area contributed by atoms with Crippen LogP contribution in [-0.4, -0.2) is 15.2 Å². The van der Waals surface area contributed by atoms with Crippen LogP contribution >= 0.6 is 0 Å². The van der Waals surface area contributed by atoms with Gasteiger partial charge in [0.05, 0.1) is 0 Å². The predicted octanol–water partition coefficient (Wildman–Crippen LogP) is 4.10. The van der Waals surface area contributed by atoms with Crippen molar-refractivity contribution >= 4 is 19.6 Å². The molecule has 0 aromatic heterocycles. The van der Waals surface area contributed by atoms with Crippen LogP contribution in [0.25, 0.3) is 0 Å². The van der Waals surface area contributed by atoms with Gasteiger partial charge in [-0.2, -0.15) is 0 Å². The second kappa shape index (κ2) is 8.85. The number of unbranched alkanes of at least 4 members (excludes halogenated alkanes) is 5. The molecular formula is C15H24Al+. The average Bonchev–Trinajstić information content (AvgIpc) is 2.30. The zero-order chi connectivity index (χ0) is 11.6. The molecule has 1 aromatic rings. The van der Waals surface area contributed by atoms with E-state index in [0.717, 1.165) is 0 Å². The molecular weight excluding hydrogens is 207 g/mol. The van der Waals surface area contributed by atoms with E-state index in [2.05, 4.69) is 38.1 Å². The molecule has 0 saturated carbocycles. The summed E-state index contributed by atoms with van der Waals surface area (Å²) < 4.78 is 1.58. The van der Waals surface area contributed by atoms with Gasteiger partial charge in [0.15, 0.2) is 0 Å². The summed E-state index contributed by atoms with van der Waals surface area (Å²) in [6.07, 6.45) is 8.54. The van der Waals surface area contributed by atoms with Crippen molar-refractivity contribution in [2.45, 2.75) is 57.7 Å². The van der Waals surface area contributed by atoms with Crippen LogP contribution in [0.15, 0.2) is 24.3 Å². The molecule has 0 fully saturated rings. The number of benzene rings is 1. The summed E-state index contributed by atoms with van der Waals surface area (Å²) in [5, 5.41) is 1.44. The van der Waals surface area contributed by atoms with Gasteiger partial charge in [-0.3, -0.25) is 0 Å². The van der Waals surface area contributed by atoms with E-state index >= 15 is 0 Å². The molecule has 0 radical (unpaired) electrons. The van der Waals surface area contributed by atoms with Crippen molar-refractivity contribution < 1.29 is 0 Å². The second-order valence-corrected chi connectivity index (χ2v) is 6.32. The molecule has 0 saturated heterocycles. The Morgan fingerprint density at radius 2 is 1.50 bits per heavy atom. The van der Waals surface area contributed by atoms with Crippen molar-refractivity contribution in [2.75, 3.05) is 0 Å². The molecule has 1 heteroatoms. The summed E-state index contributed by atoms with van der Waals surface area (Å²) in [7, 11) is 0. The van der Waals surface area contributed by atoms with Crippen molar-refractivity contribution in [1.29, 1.82) is 0 Å². The van der Waals surface area contributed by atoms with Crippen molar-refractivity contribution in [3.63, 3.8) is 0 Å². The molecule has 16 heavy (non-hydrogen) atoms. The molecule has 0 aliphatic heterocycles. The molecule has 86 valence electrons. The van der Waals surface area contributed by atoms with Gasteiger partial charge >= 0.3 is 107 Å². The molecule has 1 aromatic carbocycles. The predicted molar refractivity (Wildman–Crippen MR) is 74.8 cm³/mol. The van der Waals surface area contributed by atoms with Crippen molar-refractivity contribution in [3.8, 4) is 0 Å². The third-order valence-corrected chi connectivity index (χ3v) is 4.57. The first-order chi connectivity index (χ1) is 7.83. The first-order valence-electron chi connectivity index (χ1n) is 6.73. The third kappa shape index (κ3) is 6.36. The Morgan fingerprint density at radius 3 is 2.19 bits per heavy atom. The Balaban J connectivity index is 2.01. The van der Waals surface area contributed by atoms with E-state index in [0.29, 0.717) is 15.2 Å². The van der Waals surface area contributed by atoms with Gasteiger partial charge in [-0.1, -0.05) is 0 Å². The van der Waals surface area contributed by atoms with Gasteiger partial charge in [-0.25, -0.2) is 0 Å². The van der Waals surface area contributed by atoms with Crippen LogP contribution in [0.1, 0.15) is 51.0 Å². The Labute approximate surface area is 107 Å². The van der Waals surface area contributed by atoms with Crippen LogP contribution in [0.3, 0.4) is 0 Å². The summed E-state index contributed by atoms with van der Waals surface area (Å²) in [6.45, 7) is 4.44. The minimum atomic E-state index is 0.523. The van der Waals surface area contributed by atoms with Crippen LogP contribution in [0, 0.1) is 6.92 Å². The van der Waals surface area contributed by atoms with Gasteiger partial charge in [0, 0.05) is 0 Å². The van der Waals surface area contributed by atoms with Crippen LogP contribution in [0.4, 0.5) is 0 Å². The van der Waals surface area contributed by atoms with Crippen LogP contribution in [0.2, 0.25) is 5.28 Å². The second-order valence-electron chi connectivity index (χ2n) is 4.67. The summed E-state index contributed by atoms with van der Waals surface area (Å²) in [6, 6.07) is 9.09. The summed E-state index contributed by atoms with van der Waals surface area (Å²) >= 11 is 0.523. The Bertz CT molecular complexity index is 263. The summed E-state index contributed by atoms with van der Waals surface area (Å²) in [5.41, 5.74) is 1.38. The maximum absolute atomic E-state index is 2.31. The monoisotopic (exact) mass is 231 g/mol. The fourth-order valence-corrected chi connectivity index (χ4v) is 3.19. The normalized spacial score (nSPS) is 10.1. The Kier molecular flexibility index (Phi) is 7.64. The van der Waals surface area contributed by atoms with E-state index in [1.165, 1.54) is 49.4 Å². The maximum atomic E-state index is 2.31. The molecule has 0 aliphatic rings. The number of hydrogen-bond donors (Lipinski definition) is 0. The van der Waals surface area contributed by atoms with Gasteiger partial charge in [-0.15, -0.1) is 0 Å². The minimum absolute atomic E-state index is 0.523. The zero-order valence-electron chi connectivity index (χ0n) is 10.8. The van der Waals surface area contributed by atoms with Gasteiger partial charge < -0.3 is 0 Å². The number of aryl methyl sites for hydroxylation is 1. The molecule has 1 rings (SSSR count). The fraction of sp³-hybridized carbons (Fsp3) is 0.600. The number of rotatable bonds is 8. The molecule has 0 amide bonds. The molecule has 0 atom stereocenters. The molecule has 0 bridgehead atoms. The summed E-state index contributed by atoms with van der Waals surface area (Å²) in [5.74, 6) is 0. The van der Waals surface area contributed by atoms with E-state index in [-0.39, 0.29) is 0 Å². The van der Waals surface area contributed by atoms with E-state index in [9.17, 15) is 0 Å². The van der Waals surface area contributed by atoms with Gasteiger partial charge in [-0.05, 0) is 0 Å². The Hall–Kier alpha value is -0.248. The fourth-order valence-electron chi connectivity index (χ4n) is 1.90. The van der Waals surface area contributed by atoms with E-state index < -0.39 is 0 Å². The van der Waals surface area contributed by atoms with E-state index in [4.69, 9.17) is 0 Å². The van der Waals surface area contributed by atoms with Crippen molar-refractivity contribution in [3.05, 3.63) is 29.8 Å². The molecule has 0 nitrogen and oxygen atoms in total.